The van der Waals surface area contributed by atoms with Gasteiger partial charge in [0.2, 0.25) is 0 Å². The van der Waals surface area contributed by atoms with Crippen LogP contribution in [0.5, 0.6) is 5.75 Å². The molecule has 0 aliphatic heterocycles. The highest BCUT2D eigenvalue weighted by Crippen LogP contribution is 2.32. The summed E-state index contributed by atoms with van der Waals surface area (Å²) in [6.45, 7) is 0. The molecule has 0 fully saturated rings. The second-order valence-electron chi connectivity index (χ2n) is 4.52. The van der Waals surface area contributed by atoms with E-state index < -0.39 is 0 Å². The first-order chi connectivity index (χ1) is 9.33. The number of nitrogen functional groups attached to an aromatic ring is 1. The number of ether oxygens (including phenoxy) is 1. The van der Waals surface area contributed by atoms with E-state index in [0.29, 0.717) is 5.82 Å². The molecule has 3 N–H and O–H groups in total. The van der Waals surface area contributed by atoms with Gasteiger partial charge in [0.1, 0.15) is 11.6 Å². The maximum absolute atomic E-state index is 5.57. The fourth-order valence-corrected chi connectivity index (χ4v) is 2.50. The third-order valence-corrected chi connectivity index (χ3v) is 3.42. The minimum atomic E-state index is 0.658. The van der Waals surface area contributed by atoms with Crippen molar-refractivity contribution in [2.45, 2.75) is 19.3 Å². The van der Waals surface area contributed by atoms with E-state index in [-0.39, 0.29) is 0 Å². The minimum Gasteiger partial charge on any atom is -0.496 e. The Balaban J connectivity index is 2.15. The number of hydrogen-bond acceptors (Lipinski definition) is 5. The summed E-state index contributed by atoms with van der Waals surface area (Å²) in [5.41, 5.74) is 5.80. The summed E-state index contributed by atoms with van der Waals surface area (Å²) >= 11 is 0. The molecule has 3 rings (SSSR count). The molecule has 1 aromatic heterocycles. The molecule has 0 saturated heterocycles. The number of hydrazine groups is 1. The maximum atomic E-state index is 5.57. The first kappa shape index (κ1) is 11.9. The van der Waals surface area contributed by atoms with Gasteiger partial charge in [-0.05, 0) is 31.4 Å². The Bertz CT molecular complexity index is 612. The lowest BCUT2D eigenvalue weighted by Crippen LogP contribution is -2.13. The lowest BCUT2D eigenvalue weighted by atomic mass is 10.1. The van der Waals surface area contributed by atoms with E-state index in [9.17, 15) is 0 Å². The van der Waals surface area contributed by atoms with E-state index in [2.05, 4.69) is 15.4 Å². The minimum absolute atomic E-state index is 0.658. The summed E-state index contributed by atoms with van der Waals surface area (Å²) in [5.74, 6) is 7.72. The van der Waals surface area contributed by atoms with Crippen molar-refractivity contribution in [1.29, 1.82) is 0 Å². The van der Waals surface area contributed by atoms with Crippen LogP contribution in [0.1, 0.15) is 17.7 Å². The molecule has 98 valence electrons. The number of nitrogens with zero attached hydrogens (tertiary/aromatic N) is 2. The second-order valence-corrected chi connectivity index (χ2v) is 4.52. The molecule has 1 aliphatic rings. The van der Waals surface area contributed by atoms with Crippen LogP contribution in [-0.4, -0.2) is 17.1 Å². The van der Waals surface area contributed by atoms with Crippen LogP contribution < -0.4 is 16.0 Å². The van der Waals surface area contributed by atoms with E-state index in [1.807, 2.05) is 24.3 Å². The van der Waals surface area contributed by atoms with Crippen LogP contribution in [-0.2, 0) is 12.8 Å². The van der Waals surface area contributed by atoms with Crippen LogP contribution >= 0.6 is 0 Å². The summed E-state index contributed by atoms with van der Waals surface area (Å²) < 4.78 is 5.36. The third-order valence-electron chi connectivity index (χ3n) is 3.42. The van der Waals surface area contributed by atoms with Gasteiger partial charge in [0.05, 0.1) is 12.7 Å². The zero-order valence-corrected chi connectivity index (χ0v) is 10.8. The molecule has 0 radical (unpaired) electrons. The highest BCUT2D eigenvalue weighted by atomic mass is 16.5. The van der Waals surface area contributed by atoms with Crippen LogP contribution in [0.4, 0.5) is 5.82 Å². The summed E-state index contributed by atoms with van der Waals surface area (Å²) in [6, 6.07) is 7.74. The van der Waals surface area contributed by atoms with Crippen molar-refractivity contribution in [3.8, 4) is 17.1 Å². The number of hydrogen-bond donors (Lipinski definition) is 2. The van der Waals surface area contributed by atoms with Crippen LogP contribution in [0.3, 0.4) is 0 Å². The maximum Gasteiger partial charge on any atom is 0.165 e. The van der Waals surface area contributed by atoms with Gasteiger partial charge in [0.25, 0.3) is 0 Å². The number of benzene rings is 1. The van der Waals surface area contributed by atoms with Crippen molar-refractivity contribution in [1.82, 2.24) is 9.97 Å². The monoisotopic (exact) mass is 256 g/mol. The molecule has 1 aromatic carbocycles. The van der Waals surface area contributed by atoms with Gasteiger partial charge in [0.15, 0.2) is 5.82 Å². The third kappa shape index (κ3) is 2.02. The molecule has 0 spiro atoms. The number of para-hydroxylation sites is 1. The zero-order chi connectivity index (χ0) is 13.2. The molecule has 1 heterocycles. The standard InChI is InChI=1S/C14H16N4O/c1-19-12-8-3-2-5-10(12)13-16-11-7-4-6-9(11)14(17-13)18-15/h2-3,5,8H,4,6-7,15H2,1H3,(H,16,17,18). The van der Waals surface area contributed by atoms with Gasteiger partial charge in [0, 0.05) is 11.3 Å². The van der Waals surface area contributed by atoms with E-state index >= 15 is 0 Å². The average Bonchev–Trinajstić information content (AvgIpc) is 2.94. The van der Waals surface area contributed by atoms with Crippen LogP contribution in [0.25, 0.3) is 11.4 Å². The number of aromatic nitrogens is 2. The lowest BCUT2D eigenvalue weighted by molar-refractivity contribution is 0.416. The summed E-state index contributed by atoms with van der Waals surface area (Å²) in [6.07, 6.45) is 3.07. The van der Waals surface area contributed by atoms with E-state index in [1.54, 1.807) is 7.11 Å². The zero-order valence-electron chi connectivity index (χ0n) is 10.8. The predicted molar refractivity (Wildman–Crippen MR) is 73.9 cm³/mol. The predicted octanol–water partition coefficient (Wildman–Crippen LogP) is 1.93. The number of nitrogens with two attached hydrogens (primary N) is 1. The topological polar surface area (TPSA) is 73.1 Å². The number of fused-ring (bicyclic) bond motifs is 1. The molecule has 5 nitrogen and oxygen atoms in total. The Kier molecular flexibility index (Phi) is 3.05. The van der Waals surface area contributed by atoms with Crippen molar-refractivity contribution >= 4 is 5.82 Å². The van der Waals surface area contributed by atoms with E-state index in [4.69, 9.17) is 10.6 Å². The molecule has 19 heavy (non-hydrogen) atoms. The fourth-order valence-electron chi connectivity index (χ4n) is 2.50. The SMILES string of the molecule is COc1ccccc1-c1nc2c(c(NN)n1)CCC2. The molecule has 0 saturated carbocycles. The summed E-state index contributed by atoms with van der Waals surface area (Å²) in [5, 5.41) is 0. The first-order valence-electron chi connectivity index (χ1n) is 6.33. The fraction of sp³-hybridized carbons (Fsp3) is 0.286. The number of methoxy groups -OCH3 is 1. The molecular formula is C14H16N4O. The summed E-state index contributed by atoms with van der Waals surface area (Å²) in [4.78, 5) is 9.17. The van der Waals surface area contributed by atoms with Gasteiger partial charge in [-0.15, -0.1) is 0 Å². The van der Waals surface area contributed by atoms with Crippen molar-refractivity contribution in [3.63, 3.8) is 0 Å². The Morgan fingerprint density at radius 3 is 2.84 bits per heavy atom. The van der Waals surface area contributed by atoms with E-state index in [1.165, 1.54) is 0 Å². The summed E-state index contributed by atoms with van der Waals surface area (Å²) in [7, 11) is 1.65. The largest absolute Gasteiger partial charge is 0.496 e. The van der Waals surface area contributed by atoms with Crippen LogP contribution in [0.15, 0.2) is 24.3 Å². The van der Waals surface area contributed by atoms with Crippen molar-refractivity contribution in [3.05, 3.63) is 35.5 Å². The smallest absolute Gasteiger partial charge is 0.165 e. The normalized spacial score (nSPS) is 13.2. The van der Waals surface area contributed by atoms with Crippen LogP contribution in [0, 0.1) is 0 Å². The van der Waals surface area contributed by atoms with E-state index in [0.717, 1.165) is 47.7 Å². The van der Waals surface area contributed by atoms with Gasteiger partial charge in [-0.2, -0.15) is 0 Å². The van der Waals surface area contributed by atoms with Gasteiger partial charge in [-0.25, -0.2) is 15.8 Å². The number of nitrogens with one attached hydrogen (secondary N) is 1. The molecule has 5 heteroatoms. The quantitative estimate of drug-likeness (QED) is 0.648. The van der Waals surface area contributed by atoms with Gasteiger partial charge < -0.3 is 10.2 Å². The highest BCUT2D eigenvalue weighted by Gasteiger charge is 2.20. The van der Waals surface area contributed by atoms with Crippen molar-refractivity contribution in [2.75, 3.05) is 12.5 Å². The molecular weight excluding hydrogens is 240 g/mol. The second kappa shape index (κ2) is 4.85. The van der Waals surface area contributed by atoms with Gasteiger partial charge in [-0.3, -0.25) is 0 Å². The molecule has 0 unspecified atom stereocenters. The van der Waals surface area contributed by atoms with Crippen molar-refractivity contribution < 1.29 is 4.74 Å². The first-order valence-corrected chi connectivity index (χ1v) is 6.33. The molecule has 0 bridgehead atoms. The van der Waals surface area contributed by atoms with Gasteiger partial charge in [-0.1, -0.05) is 12.1 Å². The Morgan fingerprint density at radius 2 is 2.05 bits per heavy atom. The van der Waals surface area contributed by atoms with Gasteiger partial charge >= 0.3 is 0 Å². The van der Waals surface area contributed by atoms with Crippen molar-refractivity contribution in [2.24, 2.45) is 5.84 Å². The molecule has 2 aromatic rings. The molecule has 0 atom stereocenters. The van der Waals surface area contributed by atoms with Crippen LogP contribution in [0.2, 0.25) is 0 Å². The molecule has 0 amide bonds. The Labute approximate surface area is 111 Å². The lowest BCUT2D eigenvalue weighted by Gasteiger charge is -2.11. The number of rotatable bonds is 3. The Morgan fingerprint density at radius 1 is 1.21 bits per heavy atom. The number of aryl methyl sites for hydroxylation is 1. The average molecular weight is 256 g/mol. The molecule has 1 aliphatic carbocycles. The number of anilines is 1. The highest BCUT2D eigenvalue weighted by molar-refractivity contribution is 5.66. The Hall–Kier alpha value is -2.14.